The molecule has 2 aromatic rings. The van der Waals surface area contributed by atoms with E-state index in [9.17, 15) is 4.79 Å². The second-order valence-electron chi connectivity index (χ2n) is 6.27. The molecule has 1 heterocycles. The predicted molar refractivity (Wildman–Crippen MR) is 105 cm³/mol. The van der Waals surface area contributed by atoms with Crippen LogP contribution in [-0.4, -0.2) is 36.4 Å². The van der Waals surface area contributed by atoms with Crippen LogP contribution in [-0.2, 0) is 11.3 Å². The first-order valence-corrected chi connectivity index (χ1v) is 9.13. The molecule has 1 saturated heterocycles. The summed E-state index contributed by atoms with van der Waals surface area (Å²) < 4.78 is 6.14. The van der Waals surface area contributed by atoms with Crippen molar-refractivity contribution in [3.63, 3.8) is 0 Å². The molecule has 5 nitrogen and oxygen atoms in total. The van der Waals surface area contributed by atoms with Gasteiger partial charge in [0.25, 0.3) is 5.91 Å². The van der Waals surface area contributed by atoms with Gasteiger partial charge in [0.1, 0.15) is 11.8 Å². The van der Waals surface area contributed by atoms with Crippen LogP contribution in [0.5, 0.6) is 5.75 Å². The van der Waals surface area contributed by atoms with Gasteiger partial charge in [-0.25, -0.2) is 0 Å². The third-order valence-corrected chi connectivity index (χ3v) is 5.12. The largest absolute Gasteiger partial charge is 0.497 e. The Kier molecular flexibility index (Phi) is 5.52. The van der Waals surface area contributed by atoms with Crippen LogP contribution in [0, 0.1) is 0 Å². The molecule has 1 aliphatic heterocycles. The highest BCUT2D eigenvalue weighted by Crippen LogP contribution is 2.32. The van der Waals surface area contributed by atoms with Crippen LogP contribution in [0.4, 0.5) is 0 Å². The molecule has 1 amide bonds. The first-order chi connectivity index (χ1) is 12.5. The molecule has 136 valence electrons. The molecule has 0 radical (unpaired) electrons. The lowest BCUT2D eigenvalue weighted by molar-refractivity contribution is -0.139. The number of hydrogen-bond acceptors (Lipinski definition) is 4. The van der Waals surface area contributed by atoms with E-state index in [0.29, 0.717) is 13.1 Å². The van der Waals surface area contributed by atoms with Crippen molar-refractivity contribution in [1.29, 1.82) is 0 Å². The maximum atomic E-state index is 13.2. The molecule has 2 aromatic carbocycles. The van der Waals surface area contributed by atoms with Gasteiger partial charge in [-0.1, -0.05) is 40.2 Å². The van der Waals surface area contributed by atoms with Gasteiger partial charge in [0.05, 0.1) is 13.7 Å². The number of halogens is 1. The summed E-state index contributed by atoms with van der Waals surface area (Å²) in [7, 11) is 3.55. The SMILES string of the molecule is COc1ccc(CN2C/C(=C/N)N(C)C(c3cccc(Br)c3)C2=O)cc1. The summed E-state index contributed by atoms with van der Waals surface area (Å²) in [5.41, 5.74) is 8.74. The zero-order valence-electron chi connectivity index (χ0n) is 14.9. The normalized spacial score (nSPS) is 19.1. The van der Waals surface area contributed by atoms with Gasteiger partial charge in [-0.2, -0.15) is 0 Å². The highest BCUT2D eigenvalue weighted by molar-refractivity contribution is 9.10. The molecule has 3 rings (SSSR count). The number of methoxy groups -OCH3 is 1. The zero-order valence-corrected chi connectivity index (χ0v) is 16.4. The fourth-order valence-corrected chi connectivity index (χ4v) is 3.60. The van der Waals surface area contributed by atoms with E-state index < -0.39 is 6.04 Å². The number of rotatable bonds is 4. The van der Waals surface area contributed by atoms with E-state index in [2.05, 4.69) is 15.9 Å². The van der Waals surface area contributed by atoms with E-state index >= 15 is 0 Å². The smallest absolute Gasteiger partial charge is 0.250 e. The Hall–Kier alpha value is -2.47. The second-order valence-corrected chi connectivity index (χ2v) is 7.18. The maximum absolute atomic E-state index is 13.2. The van der Waals surface area contributed by atoms with Crippen LogP contribution < -0.4 is 10.5 Å². The molecule has 6 heteroatoms. The molecule has 2 N–H and O–H groups in total. The average Bonchev–Trinajstić information content (AvgIpc) is 2.65. The number of carbonyl (C=O) groups is 1. The Balaban J connectivity index is 1.89. The summed E-state index contributed by atoms with van der Waals surface area (Å²) in [5.74, 6) is 0.861. The Morgan fingerprint density at radius 1 is 1.27 bits per heavy atom. The monoisotopic (exact) mass is 415 g/mol. The standard InChI is InChI=1S/C20H22BrN3O2/c1-23-17(11-22)13-24(12-14-6-8-18(26-2)9-7-14)20(25)19(23)15-4-3-5-16(21)10-15/h3-11,19H,12-13,22H2,1-2H3/b17-11-. The van der Waals surface area contributed by atoms with Crippen molar-refractivity contribution in [2.75, 3.05) is 20.7 Å². The van der Waals surface area contributed by atoms with Crippen LogP contribution in [0.15, 0.2) is 64.9 Å². The summed E-state index contributed by atoms with van der Waals surface area (Å²) in [4.78, 5) is 17.0. The lowest BCUT2D eigenvalue weighted by Crippen LogP contribution is -2.49. The molecule has 1 atom stereocenters. The summed E-state index contributed by atoms with van der Waals surface area (Å²) in [6.45, 7) is 1.01. The lowest BCUT2D eigenvalue weighted by atomic mass is 10.00. The highest BCUT2D eigenvalue weighted by atomic mass is 79.9. The average molecular weight is 416 g/mol. The van der Waals surface area contributed by atoms with Crippen molar-refractivity contribution in [2.24, 2.45) is 5.73 Å². The fourth-order valence-electron chi connectivity index (χ4n) is 3.19. The van der Waals surface area contributed by atoms with Gasteiger partial charge in [0, 0.05) is 30.0 Å². The van der Waals surface area contributed by atoms with Gasteiger partial charge in [-0.15, -0.1) is 0 Å². The topological polar surface area (TPSA) is 58.8 Å². The molecule has 1 unspecified atom stereocenters. The molecular weight excluding hydrogens is 394 g/mol. The van der Waals surface area contributed by atoms with E-state index in [-0.39, 0.29) is 5.91 Å². The van der Waals surface area contributed by atoms with Crippen LogP contribution in [0.3, 0.4) is 0 Å². The zero-order chi connectivity index (χ0) is 18.7. The van der Waals surface area contributed by atoms with Gasteiger partial charge in [0.15, 0.2) is 0 Å². The van der Waals surface area contributed by atoms with E-state index in [1.165, 1.54) is 0 Å². The summed E-state index contributed by atoms with van der Waals surface area (Å²) in [6.07, 6.45) is 1.58. The minimum Gasteiger partial charge on any atom is -0.497 e. The number of ether oxygens (including phenoxy) is 1. The second kappa shape index (κ2) is 7.83. The van der Waals surface area contributed by atoms with Gasteiger partial charge in [-0.05, 0) is 35.4 Å². The highest BCUT2D eigenvalue weighted by Gasteiger charge is 2.36. The minimum atomic E-state index is -0.394. The van der Waals surface area contributed by atoms with Crippen molar-refractivity contribution in [3.8, 4) is 5.75 Å². The van der Waals surface area contributed by atoms with Gasteiger partial charge < -0.3 is 20.3 Å². The molecule has 0 spiro atoms. The number of nitrogens with two attached hydrogens (primary N) is 1. The first kappa shape index (κ1) is 18.3. The minimum absolute atomic E-state index is 0.0621. The Morgan fingerprint density at radius 3 is 2.62 bits per heavy atom. The van der Waals surface area contributed by atoms with Crippen LogP contribution >= 0.6 is 15.9 Å². The first-order valence-electron chi connectivity index (χ1n) is 8.34. The number of likely N-dealkylation sites (N-methyl/N-ethyl adjacent to an activating group) is 1. The third-order valence-electron chi connectivity index (χ3n) is 4.63. The molecule has 0 bridgehead atoms. The van der Waals surface area contributed by atoms with Gasteiger partial charge >= 0.3 is 0 Å². The van der Waals surface area contributed by atoms with Crippen LogP contribution in [0.2, 0.25) is 0 Å². The fraction of sp³-hybridized carbons (Fsp3) is 0.250. The number of benzene rings is 2. The Morgan fingerprint density at radius 2 is 2.00 bits per heavy atom. The van der Waals surface area contributed by atoms with Gasteiger partial charge in [0.2, 0.25) is 0 Å². The van der Waals surface area contributed by atoms with Crippen molar-refractivity contribution in [1.82, 2.24) is 9.80 Å². The lowest BCUT2D eigenvalue weighted by Gasteiger charge is -2.41. The van der Waals surface area contributed by atoms with E-state index in [4.69, 9.17) is 10.5 Å². The van der Waals surface area contributed by atoms with Crippen LogP contribution in [0.1, 0.15) is 17.2 Å². The number of carbonyl (C=O) groups excluding carboxylic acids is 1. The van der Waals surface area contributed by atoms with E-state index in [0.717, 1.165) is 27.0 Å². The molecule has 26 heavy (non-hydrogen) atoms. The van der Waals surface area contributed by atoms with E-state index in [1.54, 1.807) is 13.3 Å². The molecule has 1 fully saturated rings. The summed E-state index contributed by atoms with van der Waals surface area (Å²) >= 11 is 3.49. The van der Waals surface area contributed by atoms with E-state index in [1.807, 2.05) is 65.4 Å². The molecule has 1 aliphatic rings. The molecule has 0 aliphatic carbocycles. The molecule has 0 aromatic heterocycles. The number of amides is 1. The Labute approximate surface area is 162 Å². The molecular formula is C20H22BrN3O2. The summed E-state index contributed by atoms with van der Waals surface area (Å²) in [6, 6.07) is 15.2. The van der Waals surface area contributed by atoms with Crippen molar-refractivity contribution < 1.29 is 9.53 Å². The van der Waals surface area contributed by atoms with Crippen LogP contribution in [0.25, 0.3) is 0 Å². The number of nitrogens with zero attached hydrogens (tertiary/aromatic N) is 2. The number of hydrogen-bond donors (Lipinski definition) is 1. The quantitative estimate of drug-likeness (QED) is 0.832. The Bertz CT molecular complexity index is 820. The molecule has 0 saturated carbocycles. The predicted octanol–water partition coefficient (Wildman–Crippen LogP) is 3.27. The van der Waals surface area contributed by atoms with Crippen molar-refractivity contribution >= 4 is 21.8 Å². The summed E-state index contributed by atoms with van der Waals surface area (Å²) in [5, 5.41) is 0. The van der Waals surface area contributed by atoms with Crippen molar-refractivity contribution in [2.45, 2.75) is 12.6 Å². The maximum Gasteiger partial charge on any atom is 0.250 e. The third kappa shape index (κ3) is 3.70. The number of piperazine rings is 1. The van der Waals surface area contributed by atoms with Gasteiger partial charge in [-0.3, -0.25) is 4.79 Å². The van der Waals surface area contributed by atoms with Crippen molar-refractivity contribution in [3.05, 3.63) is 76.0 Å².